The van der Waals surface area contributed by atoms with Crippen LogP contribution in [0.15, 0.2) is 0 Å². The first-order valence-corrected chi connectivity index (χ1v) is 4.70. The summed E-state index contributed by atoms with van der Waals surface area (Å²) in [4.78, 5) is 0. The van der Waals surface area contributed by atoms with Gasteiger partial charge in [-0.05, 0) is 20.3 Å². The van der Waals surface area contributed by atoms with Crippen molar-refractivity contribution in [2.24, 2.45) is 5.92 Å². The highest BCUT2D eigenvalue weighted by molar-refractivity contribution is 4.79. The molecule has 0 saturated carbocycles. The Kier molecular flexibility index (Phi) is 3.98. The predicted octanol–water partition coefficient (Wildman–Crippen LogP) is 0.382. The molecule has 0 spiro atoms. The summed E-state index contributed by atoms with van der Waals surface area (Å²) >= 11 is 0. The number of ether oxygens (including phenoxy) is 1. The second-order valence-electron chi connectivity index (χ2n) is 3.69. The van der Waals surface area contributed by atoms with Crippen LogP contribution in [0.3, 0.4) is 0 Å². The lowest BCUT2D eigenvalue weighted by Crippen LogP contribution is -2.20. The molecule has 0 radical (unpaired) electrons. The molecule has 0 amide bonds. The number of nitrogens with one attached hydrogen (secondary N) is 1. The van der Waals surface area contributed by atoms with E-state index in [1.54, 1.807) is 0 Å². The third kappa shape index (κ3) is 3.09. The number of hydrogen-bond acceptors (Lipinski definition) is 3. The Balaban J connectivity index is 2.06. The topological polar surface area (TPSA) is 41.5 Å². The van der Waals surface area contributed by atoms with Gasteiger partial charge in [0.05, 0.1) is 12.2 Å². The lowest BCUT2D eigenvalue weighted by molar-refractivity contribution is 0.0536. The second kappa shape index (κ2) is 4.80. The van der Waals surface area contributed by atoms with Gasteiger partial charge in [0, 0.05) is 25.6 Å². The first-order chi connectivity index (χ1) is 5.70. The van der Waals surface area contributed by atoms with E-state index in [0.29, 0.717) is 12.0 Å². The fourth-order valence-corrected chi connectivity index (χ4v) is 1.47. The van der Waals surface area contributed by atoms with E-state index < -0.39 is 0 Å². The molecule has 0 aliphatic carbocycles. The van der Waals surface area contributed by atoms with Crippen molar-refractivity contribution in [3.63, 3.8) is 0 Å². The maximum Gasteiger partial charge on any atom is 0.0705 e. The highest BCUT2D eigenvalue weighted by Crippen LogP contribution is 2.13. The minimum atomic E-state index is -0.166. The van der Waals surface area contributed by atoms with E-state index in [9.17, 15) is 5.11 Å². The van der Waals surface area contributed by atoms with Crippen molar-refractivity contribution in [2.75, 3.05) is 19.7 Å². The molecule has 0 aromatic rings. The monoisotopic (exact) mass is 173 g/mol. The van der Waals surface area contributed by atoms with E-state index in [1.807, 2.05) is 13.8 Å². The third-order valence-electron chi connectivity index (χ3n) is 2.24. The number of aliphatic hydroxyl groups excluding tert-OH is 1. The highest BCUT2D eigenvalue weighted by atomic mass is 16.5. The summed E-state index contributed by atoms with van der Waals surface area (Å²) in [7, 11) is 0. The average molecular weight is 173 g/mol. The summed E-state index contributed by atoms with van der Waals surface area (Å²) in [5.74, 6) is 0.392. The zero-order valence-electron chi connectivity index (χ0n) is 7.92. The SMILES string of the molecule is CC(C)OCC[C@@H]1CNC[C@H]1O. The molecule has 0 aromatic carbocycles. The zero-order chi connectivity index (χ0) is 8.97. The van der Waals surface area contributed by atoms with Crippen LogP contribution in [0.2, 0.25) is 0 Å². The second-order valence-corrected chi connectivity index (χ2v) is 3.69. The average Bonchev–Trinajstić information content (AvgIpc) is 2.36. The lowest BCUT2D eigenvalue weighted by atomic mass is 10.0. The summed E-state index contributed by atoms with van der Waals surface area (Å²) < 4.78 is 5.41. The van der Waals surface area contributed by atoms with Gasteiger partial charge in [0.2, 0.25) is 0 Å². The van der Waals surface area contributed by atoms with Crippen molar-refractivity contribution in [1.82, 2.24) is 5.32 Å². The Bertz CT molecular complexity index is 128. The first-order valence-electron chi connectivity index (χ1n) is 4.70. The normalized spacial score (nSPS) is 30.0. The Morgan fingerprint density at radius 1 is 1.50 bits per heavy atom. The van der Waals surface area contributed by atoms with Crippen LogP contribution in [0.5, 0.6) is 0 Å². The van der Waals surface area contributed by atoms with Gasteiger partial charge in [-0.1, -0.05) is 0 Å². The van der Waals surface area contributed by atoms with Gasteiger partial charge < -0.3 is 15.2 Å². The maximum absolute atomic E-state index is 9.44. The number of β-amino-alcohol motifs (C(OH)–C–C–N with tert-alkyl or cyclic N) is 1. The fraction of sp³-hybridized carbons (Fsp3) is 1.00. The van der Waals surface area contributed by atoms with Crippen LogP contribution in [0.1, 0.15) is 20.3 Å². The first kappa shape index (κ1) is 9.96. The van der Waals surface area contributed by atoms with Crippen molar-refractivity contribution < 1.29 is 9.84 Å². The van der Waals surface area contributed by atoms with Gasteiger partial charge in [0.25, 0.3) is 0 Å². The summed E-state index contributed by atoms with van der Waals surface area (Å²) in [6, 6.07) is 0. The van der Waals surface area contributed by atoms with Gasteiger partial charge in [0.1, 0.15) is 0 Å². The molecule has 1 heterocycles. The van der Waals surface area contributed by atoms with Crippen molar-refractivity contribution >= 4 is 0 Å². The molecule has 0 bridgehead atoms. The van der Waals surface area contributed by atoms with Crippen molar-refractivity contribution in [3.05, 3.63) is 0 Å². The molecule has 0 aromatic heterocycles. The quantitative estimate of drug-likeness (QED) is 0.646. The van der Waals surface area contributed by atoms with E-state index in [0.717, 1.165) is 26.1 Å². The van der Waals surface area contributed by atoms with Gasteiger partial charge in [-0.2, -0.15) is 0 Å². The summed E-state index contributed by atoms with van der Waals surface area (Å²) in [5, 5.41) is 12.6. The highest BCUT2D eigenvalue weighted by Gasteiger charge is 2.24. The van der Waals surface area contributed by atoms with Crippen LogP contribution in [0.25, 0.3) is 0 Å². The Labute approximate surface area is 74.1 Å². The van der Waals surface area contributed by atoms with Gasteiger partial charge >= 0.3 is 0 Å². The Morgan fingerprint density at radius 3 is 2.75 bits per heavy atom. The van der Waals surface area contributed by atoms with Crippen LogP contribution in [-0.2, 0) is 4.74 Å². The van der Waals surface area contributed by atoms with Gasteiger partial charge in [0.15, 0.2) is 0 Å². The number of hydrogen-bond donors (Lipinski definition) is 2. The smallest absolute Gasteiger partial charge is 0.0705 e. The summed E-state index contributed by atoms with van der Waals surface area (Å²) in [6.07, 6.45) is 1.10. The summed E-state index contributed by atoms with van der Waals surface area (Å²) in [6.45, 7) is 6.50. The molecule has 12 heavy (non-hydrogen) atoms. The predicted molar refractivity (Wildman–Crippen MR) is 48.1 cm³/mol. The molecule has 2 N–H and O–H groups in total. The lowest BCUT2D eigenvalue weighted by Gasteiger charge is -2.14. The maximum atomic E-state index is 9.44. The van der Waals surface area contributed by atoms with Crippen LogP contribution < -0.4 is 5.32 Å². The van der Waals surface area contributed by atoms with Crippen molar-refractivity contribution in [1.29, 1.82) is 0 Å². The molecule has 3 nitrogen and oxygen atoms in total. The zero-order valence-corrected chi connectivity index (χ0v) is 7.92. The molecular formula is C9H19NO2. The van der Waals surface area contributed by atoms with E-state index in [4.69, 9.17) is 4.74 Å². The molecule has 1 aliphatic heterocycles. The molecule has 1 aliphatic rings. The third-order valence-corrected chi connectivity index (χ3v) is 2.24. The summed E-state index contributed by atoms with van der Waals surface area (Å²) in [5.41, 5.74) is 0. The Morgan fingerprint density at radius 2 is 2.25 bits per heavy atom. The molecule has 1 saturated heterocycles. The van der Waals surface area contributed by atoms with Crippen LogP contribution in [0, 0.1) is 5.92 Å². The standard InChI is InChI=1S/C9H19NO2/c1-7(2)12-4-3-8-5-10-6-9(8)11/h7-11H,3-6H2,1-2H3/t8-,9-/m1/s1. The van der Waals surface area contributed by atoms with Gasteiger partial charge in [-0.15, -0.1) is 0 Å². The molecule has 72 valence electrons. The molecule has 1 rings (SSSR count). The molecular weight excluding hydrogens is 154 g/mol. The molecule has 2 atom stereocenters. The van der Waals surface area contributed by atoms with Gasteiger partial charge in [-0.25, -0.2) is 0 Å². The van der Waals surface area contributed by atoms with Crippen LogP contribution >= 0.6 is 0 Å². The minimum Gasteiger partial charge on any atom is -0.391 e. The molecule has 0 unspecified atom stereocenters. The van der Waals surface area contributed by atoms with Crippen LogP contribution in [0.4, 0.5) is 0 Å². The minimum absolute atomic E-state index is 0.166. The number of rotatable bonds is 4. The number of aliphatic hydroxyl groups is 1. The van der Waals surface area contributed by atoms with Crippen molar-refractivity contribution in [3.8, 4) is 0 Å². The van der Waals surface area contributed by atoms with Crippen LogP contribution in [-0.4, -0.2) is 37.0 Å². The molecule has 1 fully saturated rings. The molecule has 3 heteroatoms. The largest absolute Gasteiger partial charge is 0.391 e. The van der Waals surface area contributed by atoms with E-state index in [2.05, 4.69) is 5.32 Å². The Hall–Kier alpha value is -0.120. The van der Waals surface area contributed by atoms with E-state index >= 15 is 0 Å². The van der Waals surface area contributed by atoms with E-state index in [1.165, 1.54) is 0 Å². The fourth-order valence-electron chi connectivity index (χ4n) is 1.47. The van der Waals surface area contributed by atoms with Gasteiger partial charge in [-0.3, -0.25) is 0 Å². The van der Waals surface area contributed by atoms with E-state index in [-0.39, 0.29) is 6.10 Å². The van der Waals surface area contributed by atoms with Crippen molar-refractivity contribution in [2.45, 2.75) is 32.5 Å².